The summed E-state index contributed by atoms with van der Waals surface area (Å²) in [5, 5.41) is 60.6. The topological polar surface area (TPSA) is 166 Å². The SMILES string of the molecule is Cc1ccc(OC(CO)CCNC(C)(C(CCNCC(O)COc2cccc3ccccc23)CCNC(O)COc2ccccc2)C(NCO)Oc2cccc3ccccc23)cc1. The Morgan fingerprint density at radius 3 is 1.92 bits per heavy atom. The first-order chi connectivity index (χ1) is 30.7. The number of ether oxygens (including phenoxy) is 4. The van der Waals surface area contributed by atoms with Gasteiger partial charge in [-0.05, 0) is 106 Å². The fraction of sp³-hybridized carbons (Fsp3) is 0.373. The predicted molar refractivity (Wildman–Crippen MR) is 249 cm³/mol. The number of hydrogen-bond donors (Lipinski definition) is 8. The molecule has 63 heavy (non-hydrogen) atoms. The molecule has 6 aromatic rings. The van der Waals surface area contributed by atoms with Crippen LogP contribution in [0.4, 0.5) is 0 Å². The third-order valence-corrected chi connectivity index (χ3v) is 11.4. The van der Waals surface area contributed by atoms with Gasteiger partial charge in [-0.15, -0.1) is 0 Å². The first-order valence-electron chi connectivity index (χ1n) is 21.9. The molecule has 6 rings (SSSR count). The van der Waals surface area contributed by atoms with Crippen molar-refractivity contribution < 1.29 is 39.4 Å². The number of hydrogen-bond acceptors (Lipinski definition) is 12. The number of rotatable bonds is 28. The van der Waals surface area contributed by atoms with E-state index >= 15 is 0 Å². The van der Waals surface area contributed by atoms with E-state index in [0.717, 1.165) is 32.9 Å². The molecule has 0 saturated heterocycles. The van der Waals surface area contributed by atoms with Crippen molar-refractivity contribution in [3.8, 4) is 23.0 Å². The minimum atomic E-state index is -0.928. The van der Waals surface area contributed by atoms with Gasteiger partial charge in [-0.3, -0.25) is 10.6 Å². The Kier molecular flexibility index (Phi) is 18.4. The van der Waals surface area contributed by atoms with Gasteiger partial charge in [-0.1, -0.05) is 109 Å². The molecule has 0 bridgehead atoms. The maximum absolute atomic E-state index is 11.0. The lowest BCUT2D eigenvalue weighted by atomic mass is 9.78. The van der Waals surface area contributed by atoms with Crippen molar-refractivity contribution >= 4 is 21.5 Å². The second-order valence-corrected chi connectivity index (χ2v) is 16.1. The van der Waals surface area contributed by atoms with Crippen LogP contribution in [0.5, 0.6) is 23.0 Å². The Hall–Kier alpha value is -5.28. The van der Waals surface area contributed by atoms with Crippen LogP contribution in [0.2, 0.25) is 0 Å². The Labute approximate surface area is 371 Å². The van der Waals surface area contributed by atoms with E-state index in [1.54, 1.807) is 0 Å². The molecule has 12 nitrogen and oxygen atoms in total. The first-order valence-corrected chi connectivity index (χ1v) is 21.9. The Bertz CT molecular complexity index is 2220. The zero-order valence-corrected chi connectivity index (χ0v) is 36.4. The summed E-state index contributed by atoms with van der Waals surface area (Å²) in [6, 6.07) is 44.9. The smallest absolute Gasteiger partial charge is 0.170 e. The highest BCUT2D eigenvalue weighted by Crippen LogP contribution is 2.33. The van der Waals surface area contributed by atoms with Crippen LogP contribution < -0.4 is 40.2 Å². The molecule has 8 N–H and O–H groups in total. The summed E-state index contributed by atoms with van der Waals surface area (Å²) in [6.45, 7) is 5.43. The van der Waals surface area contributed by atoms with Crippen LogP contribution >= 0.6 is 0 Å². The Balaban J connectivity index is 1.19. The van der Waals surface area contributed by atoms with Gasteiger partial charge >= 0.3 is 0 Å². The van der Waals surface area contributed by atoms with Crippen molar-refractivity contribution in [3.63, 3.8) is 0 Å². The molecule has 0 aliphatic carbocycles. The van der Waals surface area contributed by atoms with Crippen molar-refractivity contribution in [2.24, 2.45) is 5.92 Å². The third-order valence-electron chi connectivity index (χ3n) is 11.4. The van der Waals surface area contributed by atoms with E-state index in [1.165, 1.54) is 0 Å². The fourth-order valence-electron chi connectivity index (χ4n) is 7.87. The highest BCUT2D eigenvalue weighted by Gasteiger charge is 2.42. The van der Waals surface area contributed by atoms with Crippen molar-refractivity contribution in [1.29, 1.82) is 0 Å². The number of aliphatic hydroxyl groups is 4. The molecule has 6 unspecified atom stereocenters. The van der Waals surface area contributed by atoms with Crippen molar-refractivity contribution in [2.75, 3.05) is 52.7 Å². The number of para-hydroxylation sites is 1. The highest BCUT2D eigenvalue weighted by molar-refractivity contribution is 5.89. The predicted octanol–water partition coefficient (Wildman–Crippen LogP) is 6.14. The number of aliphatic hydroxyl groups excluding tert-OH is 4. The largest absolute Gasteiger partial charge is 0.490 e. The van der Waals surface area contributed by atoms with Gasteiger partial charge in [0.25, 0.3) is 0 Å². The van der Waals surface area contributed by atoms with Crippen LogP contribution in [0.25, 0.3) is 21.5 Å². The summed E-state index contributed by atoms with van der Waals surface area (Å²) in [4.78, 5) is 0. The number of aryl methyl sites for hydroxylation is 1. The molecule has 0 heterocycles. The van der Waals surface area contributed by atoms with Gasteiger partial charge in [0.2, 0.25) is 0 Å². The molecule has 0 saturated carbocycles. The van der Waals surface area contributed by atoms with Gasteiger partial charge < -0.3 is 50.0 Å². The standard InChI is InChI=1S/C51H64N4O8/c1-37-22-24-43(25-23-37)62-44(33-56)28-31-55-51(2,50(54-36-57)63-48-21-11-15-39-13-7-9-19-46(39)48)40(27-30-53-49(59)35-60-42-16-4-3-5-17-42)26-29-52-32-41(58)34-61-47-20-10-14-38-12-6-8-18-45(38)47/h3-25,40-41,44,49-50,52-59H,26-36H2,1-2H3. The summed E-state index contributed by atoms with van der Waals surface area (Å²) >= 11 is 0. The van der Waals surface area contributed by atoms with Gasteiger partial charge in [-0.2, -0.15) is 0 Å². The van der Waals surface area contributed by atoms with E-state index in [4.69, 9.17) is 18.9 Å². The zero-order chi connectivity index (χ0) is 44.3. The van der Waals surface area contributed by atoms with E-state index < -0.39 is 30.2 Å². The lowest BCUT2D eigenvalue weighted by molar-refractivity contribution is 0.000169. The molecule has 12 heteroatoms. The zero-order valence-electron chi connectivity index (χ0n) is 36.4. The molecule has 6 aromatic carbocycles. The van der Waals surface area contributed by atoms with Crippen LogP contribution in [-0.4, -0.2) is 103 Å². The van der Waals surface area contributed by atoms with E-state index in [-0.39, 0.29) is 32.5 Å². The quantitative estimate of drug-likeness (QED) is 0.0210. The van der Waals surface area contributed by atoms with Crippen LogP contribution in [-0.2, 0) is 0 Å². The molecule has 6 atom stereocenters. The van der Waals surface area contributed by atoms with Gasteiger partial charge in [0.1, 0.15) is 54.6 Å². The fourth-order valence-corrected chi connectivity index (χ4v) is 7.87. The summed E-state index contributed by atoms with van der Waals surface area (Å²) < 4.78 is 25.0. The van der Waals surface area contributed by atoms with Crippen LogP contribution in [0, 0.1) is 12.8 Å². The molecule has 0 aliphatic rings. The van der Waals surface area contributed by atoms with Gasteiger partial charge in [0.15, 0.2) is 6.23 Å². The molecule has 0 amide bonds. The van der Waals surface area contributed by atoms with Crippen LogP contribution in [0.15, 0.2) is 140 Å². The second kappa shape index (κ2) is 24.5. The number of benzene rings is 6. The van der Waals surface area contributed by atoms with Gasteiger partial charge in [0.05, 0.1) is 18.9 Å². The number of nitrogens with one attached hydrogen (secondary N) is 4. The summed E-state index contributed by atoms with van der Waals surface area (Å²) in [5.41, 5.74) is 0.248. The normalized spacial score (nSPS) is 15.0. The summed E-state index contributed by atoms with van der Waals surface area (Å²) in [7, 11) is 0. The molecule has 336 valence electrons. The Morgan fingerprint density at radius 2 is 1.22 bits per heavy atom. The first kappa shape index (κ1) is 47.2. The minimum Gasteiger partial charge on any atom is -0.490 e. The molecule has 0 aliphatic heterocycles. The number of fused-ring (bicyclic) bond motifs is 2. The molecule has 0 aromatic heterocycles. The lowest BCUT2D eigenvalue weighted by Crippen LogP contribution is -2.65. The molecule has 0 spiro atoms. The van der Waals surface area contributed by atoms with Crippen LogP contribution in [0.3, 0.4) is 0 Å². The van der Waals surface area contributed by atoms with Gasteiger partial charge in [-0.25, -0.2) is 0 Å². The minimum absolute atomic E-state index is 0.0624. The summed E-state index contributed by atoms with van der Waals surface area (Å²) in [6.07, 6.45) is -1.27. The second-order valence-electron chi connectivity index (χ2n) is 16.1. The van der Waals surface area contributed by atoms with Crippen molar-refractivity contribution in [1.82, 2.24) is 21.3 Å². The molecule has 0 radical (unpaired) electrons. The highest BCUT2D eigenvalue weighted by atomic mass is 16.5. The van der Waals surface area contributed by atoms with E-state index in [2.05, 4.69) is 28.2 Å². The van der Waals surface area contributed by atoms with Crippen molar-refractivity contribution in [2.45, 2.75) is 63.3 Å². The maximum Gasteiger partial charge on any atom is 0.170 e. The molecular formula is C51H64N4O8. The average molecular weight is 861 g/mol. The van der Waals surface area contributed by atoms with Gasteiger partial charge in [0, 0.05) is 17.3 Å². The summed E-state index contributed by atoms with van der Waals surface area (Å²) in [5.74, 6) is 2.56. The molecule has 0 fully saturated rings. The molecular weight excluding hydrogens is 797 g/mol. The lowest BCUT2D eigenvalue weighted by Gasteiger charge is -2.45. The van der Waals surface area contributed by atoms with E-state index in [1.807, 2.05) is 146 Å². The monoisotopic (exact) mass is 860 g/mol. The van der Waals surface area contributed by atoms with Crippen LogP contribution in [0.1, 0.15) is 31.7 Å². The third kappa shape index (κ3) is 14.1. The Morgan fingerprint density at radius 1 is 0.587 bits per heavy atom. The van der Waals surface area contributed by atoms with Crippen molar-refractivity contribution in [3.05, 3.63) is 145 Å². The van der Waals surface area contributed by atoms with E-state index in [9.17, 15) is 20.4 Å². The van der Waals surface area contributed by atoms with E-state index in [0.29, 0.717) is 62.7 Å². The average Bonchev–Trinajstić information content (AvgIpc) is 3.31. The maximum atomic E-state index is 11.0.